The van der Waals surface area contributed by atoms with Crippen LogP contribution in [0, 0.1) is 24.7 Å². The van der Waals surface area contributed by atoms with Crippen LogP contribution in [0.3, 0.4) is 0 Å². The topological polar surface area (TPSA) is 44.8 Å². The molecule has 0 rings (SSSR count). The van der Waals surface area contributed by atoms with Gasteiger partial charge < -0.3 is 0 Å². The van der Waals surface area contributed by atoms with Crippen LogP contribution >= 0.6 is 19.4 Å². The Hall–Kier alpha value is -0.480. The lowest BCUT2D eigenvalue weighted by Crippen LogP contribution is -2.02. The van der Waals surface area contributed by atoms with E-state index in [0.717, 1.165) is 0 Å². The smallest absolute Gasteiger partial charge is 0.286 e. The maximum Gasteiger partial charge on any atom is 0.476 e. The molecule has 0 atom stereocenters. The third-order valence-corrected chi connectivity index (χ3v) is 2.48. The van der Waals surface area contributed by atoms with Crippen LogP contribution in [0.4, 0.5) is 0 Å². The summed E-state index contributed by atoms with van der Waals surface area (Å²) in [6, 6.07) is 0. The number of phosphoric acid groups is 1. The van der Waals surface area contributed by atoms with E-state index in [2.05, 4.69) is 11.8 Å². The van der Waals surface area contributed by atoms with Gasteiger partial charge in [0.25, 0.3) is 0 Å². The third kappa shape index (κ3) is 6.05. The van der Waals surface area contributed by atoms with E-state index in [1.807, 2.05) is 0 Å². The zero-order chi connectivity index (χ0) is 10.9. The van der Waals surface area contributed by atoms with E-state index >= 15 is 0 Å². The van der Waals surface area contributed by atoms with Gasteiger partial charge in [0.1, 0.15) is 13.2 Å². The first-order valence-corrected chi connectivity index (χ1v) is 5.64. The van der Waals surface area contributed by atoms with Crippen LogP contribution < -0.4 is 0 Å². The Kier molecular flexibility index (Phi) is 7.61. The van der Waals surface area contributed by atoms with Crippen LogP contribution in [0.15, 0.2) is 0 Å². The number of phosphoric ester groups is 1. The maximum atomic E-state index is 11.6. The molecule has 0 saturated heterocycles. The van der Waals surface area contributed by atoms with Crippen LogP contribution in [-0.2, 0) is 18.1 Å². The molecule has 0 aliphatic heterocycles. The van der Waals surface area contributed by atoms with Crippen molar-refractivity contribution in [1.29, 1.82) is 0 Å². The summed E-state index contributed by atoms with van der Waals surface area (Å²) in [5, 5.41) is 0. The molecule has 0 unspecified atom stereocenters. The average Bonchev–Trinajstić information content (AvgIpc) is 2.21. The van der Waals surface area contributed by atoms with Crippen molar-refractivity contribution in [1.82, 2.24) is 0 Å². The second kappa shape index (κ2) is 7.88. The molecule has 0 fully saturated rings. The molecule has 0 saturated carbocycles. The molecule has 4 nitrogen and oxygen atoms in total. The lowest BCUT2D eigenvalue weighted by molar-refractivity contribution is 0.140. The molecular formula is C8H10ClO4P. The Balaban J connectivity index is 4.13. The number of hydrogen-bond donors (Lipinski definition) is 0. The maximum absolute atomic E-state index is 11.6. The fourth-order valence-corrected chi connectivity index (χ4v) is 1.68. The molecule has 0 spiro atoms. The van der Waals surface area contributed by atoms with Crippen LogP contribution in [-0.4, -0.2) is 25.7 Å². The summed E-state index contributed by atoms with van der Waals surface area (Å²) < 4.78 is 25.8. The summed E-state index contributed by atoms with van der Waals surface area (Å²) >= 11 is 5.34. The van der Waals surface area contributed by atoms with Crippen LogP contribution in [0.1, 0.15) is 0 Å². The van der Waals surface area contributed by atoms with Crippen molar-refractivity contribution in [2.75, 3.05) is 25.7 Å². The Morgan fingerprint density at radius 1 is 1.14 bits per heavy atom. The molecule has 0 aromatic heterocycles. The highest BCUT2D eigenvalue weighted by molar-refractivity contribution is 7.48. The number of rotatable bonds is 7. The first kappa shape index (κ1) is 13.5. The first-order valence-electron chi connectivity index (χ1n) is 3.65. The van der Waals surface area contributed by atoms with Gasteiger partial charge >= 0.3 is 7.82 Å². The Morgan fingerprint density at radius 2 is 1.64 bits per heavy atom. The number of alkyl halides is 1. The molecule has 0 heterocycles. The van der Waals surface area contributed by atoms with Gasteiger partial charge in [-0.3, -0.25) is 13.6 Å². The second-order valence-electron chi connectivity index (χ2n) is 1.92. The van der Waals surface area contributed by atoms with E-state index in [1.165, 1.54) is 0 Å². The van der Waals surface area contributed by atoms with Crippen molar-refractivity contribution < 1.29 is 18.1 Å². The molecule has 78 valence electrons. The standard InChI is InChI=1S/C8H10ClO4P/c1-3-6-11-14(10,12-7-4-2)13-8-5-9/h1-2H,5-8H2. The minimum atomic E-state index is -3.64. The van der Waals surface area contributed by atoms with Crippen molar-refractivity contribution in [3.8, 4) is 24.7 Å². The van der Waals surface area contributed by atoms with E-state index in [0.29, 0.717) is 0 Å². The molecule has 0 aromatic rings. The van der Waals surface area contributed by atoms with E-state index in [9.17, 15) is 4.57 Å². The fraction of sp³-hybridized carbons (Fsp3) is 0.500. The zero-order valence-electron chi connectivity index (χ0n) is 7.44. The first-order chi connectivity index (χ1) is 6.68. The van der Waals surface area contributed by atoms with E-state index in [-0.39, 0.29) is 25.7 Å². The monoisotopic (exact) mass is 236 g/mol. The number of hydrogen-bond acceptors (Lipinski definition) is 4. The molecule has 0 radical (unpaired) electrons. The summed E-state index contributed by atoms with van der Waals surface area (Å²) in [6.45, 7) is -0.317. The molecule has 0 aliphatic carbocycles. The van der Waals surface area contributed by atoms with Crippen molar-refractivity contribution in [3.63, 3.8) is 0 Å². The molecule has 6 heteroatoms. The molecular weight excluding hydrogens is 227 g/mol. The molecule has 0 bridgehead atoms. The predicted molar refractivity (Wildman–Crippen MR) is 53.8 cm³/mol. The summed E-state index contributed by atoms with van der Waals surface area (Å²) in [5.41, 5.74) is 0. The highest BCUT2D eigenvalue weighted by Gasteiger charge is 2.25. The Morgan fingerprint density at radius 3 is 2.00 bits per heavy atom. The van der Waals surface area contributed by atoms with Gasteiger partial charge in [0.05, 0.1) is 6.61 Å². The molecule has 14 heavy (non-hydrogen) atoms. The van der Waals surface area contributed by atoms with Gasteiger partial charge in [-0.25, -0.2) is 4.57 Å². The van der Waals surface area contributed by atoms with Crippen LogP contribution in [0.25, 0.3) is 0 Å². The average molecular weight is 237 g/mol. The quantitative estimate of drug-likeness (QED) is 0.383. The van der Waals surface area contributed by atoms with Gasteiger partial charge in [-0.2, -0.15) is 0 Å². The SMILES string of the molecule is C#CCOP(=O)(OCC#C)OCCCl. The highest BCUT2D eigenvalue weighted by Crippen LogP contribution is 2.48. The molecule has 0 aliphatic rings. The lowest BCUT2D eigenvalue weighted by atomic mass is 10.8. The van der Waals surface area contributed by atoms with Crippen LogP contribution in [0.2, 0.25) is 0 Å². The van der Waals surface area contributed by atoms with Gasteiger partial charge in [0.15, 0.2) is 0 Å². The molecule has 0 aromatic carbocycles. The van der Waals surface area contributed by atoms with Crippen molar-refractivity contribution in [3.05, 3.63) is 0 Å². The molecule has 0 amide bonds. The normalized spacial score (nSPS) is 10.5. The van der Waals surface area contributed by atoms with Crippen molar-refractivity contribution in [2.24, 2.45) is 0 Å². The summed E-state index contributed by atoms with van der Waals surface area (Å²) in [5.74, 6) is 4.44. The third-order valence-electron chi connectivity index (χ3n) is 0.939. The van der Waals surface area contributed by atoms with E-state index in [4.69, 9.17) is 38.0 Å². The summed E-state index contributed by atoms with van der Waals surface area (Å²) in [7, 11) is -3.64. The lowest BCUT2D eigenvalue weighted by Gasteiger charge is -2.14. The minimum absolute atomic E-state index is 0.0357. The summed E-state index contributed by atoms with van der Waals surface area (Å²) in [6.07, 6.45) is 9.84. The number of terminal acetylenes is 2. The second-order valence-corrected chi connectivity index (χ2v) is 3.97. The van der Waals surface area contributed by atoms with Crippen LogP contribution in [0.5, 0.6) is 0 Å². The Bertz CT molecular complexity index is 256. The Labute approximate surface area is 88.5 Å². The van der Waals surface area contributed by atoms with E-state index < -0.39 is 7.82 Å². The van der Waals surface area contributed by atoms with Crippen molar-refractivity contribution in [2.45, 2.75) is 0 Å². The molecule has 0 N–H and O–H groups in total. The minimum Gasteiger partial charge on any atom is -0.286 e. The zero-order valence-corrected chi connectivity index (χ0v) is 9.09. The fourth-order valence-electron chi connectivity index (χ4n) is 0.491. The van der Waals surface area contributed by atoms with Gasteiger partial charge in [0, 0.05) is 5.88 Å². The van der Waals surface area contributed by atoms with Gasteiger partial charge in [-0.15, -0.1) is 24.4 Å². The van der Waals surface area contributed by atoms with Crippen molar-refractivity contribution >= 4 is 19.4 Å². The van der Waals surface area contributed by atoms with Gasteiger partial charge in [-0.1, -0.05) is 11.8 Å². The predicted octanol–water partition coefficient (Wildman–Crippen LogP) is 1.65. The highest BCUT2D eigenvalue weighted by atomic mass is 35.5. The largest absolute Gasteiger partial charge is 0.476 e. The number of halogens is 1. The van der Waals surface area contributed by atoms with Gasteiger partial charge in [-0.05, 0) is 0 Å². The van der Waals surface area contributed by atoms with Gasteiger partial charge in [0.2, 0.25) is 0 Å². The summed E-state index contributed by atoms with van der Waals surface area (Å²) in [4.78, 5) is 0. The van der Waals surface area contributed by atoms with E-state index in [1.54, 1.807) is 0 Å².